The standard InChI is InChI=1S/C8H16N2O5S2/c1-16(12,13)5-6-17(14,15)10-4-2-3-9-8(11)7-10/h2-7H2,1H3,(H,9,11). The summed E-state index contributed by atoms with van der Waals surface area (Å²) < 4.78 is 46.5. The lowest BCUT2D eigenvalue weighted by Gasteiger charge is -2.18. The highest BCUT2D eigenvalue weighted by atomic mass is 32.2. The molecule has 0 unspecified atom stereocenters. The van der Waals surface area contributed by atoms with Gasteiger partial charge in [0, 0.05) is 19.3 Å². The molecule has 7 nitrogen and oxygen atoms in total. The first-order chi connectivity index (χ1) is 7.71. The highest BCUT2D eigenvalue weighted by Gasteiger charge is 2.26. The van der Waals surface area contributed by atoms with Crippen molar-refractivity contribution in [3.8, 4) is 0 Å². The lowest BCUT2D eigenvalue weighted by atomic mass is 10.4. The van der Waals surface area contributed by atoms with Gasteiger partial charge >= 0.3 is 0 Å². The summed E-state index contributed by atoms with van der Waals surface area (Å²) in [7, 11) is -7.00. The predicted molar refractivity (Wildman–Crippen MR) is 62.7 cm³/mol. The van der Waals surface area contributed by atoms with E-state index in [9.17, 15) is 21.6 Å². The van der Waals surface area contributed by atoms with Crippen molar-refractivity contribution in [2.75, 3.05) is 37.4 Å². The van der Waals surface area contributed by atoms with Crippen LogP contribution in [0.5, 0.6) is 0 Å². The normalized spacial score (nSPS) is 19.7. The van der Waals surface area contributed by atoms with E-state index in [1.165, 1.54) is 0 Å². The molecule has 1 saturated heterocycles. The minimum Gasteiger partial charge on any atom is -0.355 e. The zero-order valence-corrected chi connectivity index (χ0v) is 11.2. The molecule has 1 amide bonds. The van der Waals surface area contributed by atoms with E-state index in [0.29, 0.717) is 13.0 Å². The molecular formula is C8H16N2O5S2. The maximum Gasteiger partial charge on any atom is 0.235 e. The molecule has 1 aliphatic rings. The molecule has 1 heterocycles. The minimum atomic E-state index is -3.68. The molecule has 0 radical (unpaired) electrons. The number of amides is 1. The quantitative estimate of drug-likeness (QED) is 0.655. The Morgan fingerprint density at radius 2 is 1.88 bits per heavy atom. The lowest BCUT2D eigenvalue weighted by Crippen LogP contribution is -2.39. The highest BCUT2D eigenvalue weighted by molar-refractivity contribution is 7.93. The Morgan fingerprint density at radius 1 is 1.24 bits per heavy atom. The van der Waals surface area contributed by atoms with Gasteiger partial charge in [0.05, 0.1) is 18.1 Å². The summed E-state index contributed by atoms with van der Waals surface area (Å²) in [5.41, 5.74) is 0. The van der Waals surface area contributed by atoms with Gasteiger partial charge in [0.2, 0.25) is 15.9 Å². The van der Waals surface area contributed by atoms with E-state index >= 15 is 0 Å². The second-order valence-electron chi connectivity index (χ2n) is 3.98. The van der Waals surface area contributed by atoms with Crippen LogP contribution < -0.4 is 5.32 Å². The number of nitrogens with one attached hydrogen (secondary N) is 1. The van der Waals surface area contributed by atoms with Gasteiger partial charge in [-0.2, -0.15) is 4.31 Å². The summed E-state index contributed by atoms with van der Waals surface area (Å²) in [6.45, 7) is 0.452. The van der Waals surface area contributed by atoms with Crippen LogP contribution in [-0.4, -0.2) is 64.4 Å². The Kier molecular flexibility index (Phi) is 4.50. The molecule has 0 aromatic carbocycles. The van der Waals surface area contributed by atoms with Crippen molar-refractivity contribution < 1.29 is 21.6 Å². The summed E-state index contributed by atoms with van der Waals surface area (Å²) >= 11 is 0. The van der Waals surface area contributed by atoms with Gasteiger partial charge in [-0.3, -0.25) is 4.79 Å². The second kappa shape index (κ2) is 5.32. The molecule has 0 aromatic rings. The third kappa shape index (κ3) is 5.00. The van der Waals surface area contributed by atoms with Gasteiger partial charge in [-0.05, 0) is 6.42 Å². The largest absolute Gasteiger partial charge is 0.355 e. The number of hydrogen-bond acceptors (Lipinski definition) is 5. The maximum absolute atomic E-state index is 11.8. The molecule has 0 aliphatic carbocycles. The fourth-order valence-electron chi connectivity index (χ4n) is 1.40. The topological polar surface area (TPSA) is 101 Å². The van der Waals surface area contributed by atoms with E-state index in [-0.39, 0.29) is 19.0 Å². The zero-order valence-electron chi connectivity index (χ0n) is 9.55. The Balaban J connectivity index is 2.71. The summed E-state index contributed by atoms with van der Waals surface area (Å²) in [6.07, 6.45) is 1.52. The maximum atomic E-state index is 11.8. The average Bonchev–Trinajstić information content (AvgIpc) is 2.39. The van der Waals surface area contributed by atoms with Crippen molar-refractivity contribution in [1.82, 2.24) is 9.62 Å². The van der Waals surface area contributed by atoms with Crippen molar-refractivity contribution in [2.45, 2.75) is 6.42 Å². The number of hydrogen-bond donors (Lipinski definition) is 1. The molecule has 0 bridgehead atoms. The second-order valence-corrected chi connectivity index (χ2v) is 8.33. The van der Waals surface area contributed by atoms with Gasteiger partial charge in [0.1, 0.15) is 9.84 Å². The third-order valence-electron chi connectivity index (χ3n) is 2.33. The molecular weight excluding hydrogens is 268 g/mol. The Labute approximate surface area is 101 Å². The number of rotatable bonds is 4. The number of carbonyl (C=O) groups excluding carboxylic acids is 1. The fourth-order valence-corrected chi connectivity index (χ4v) is 4.43. The summed E-state index contributed by atoms with van der Waals surface area (Å²) in [4.78, 5) is 11.2. The van der Waals surface area contributed by atoms with Crippen LogP contribution in [0.25, 0.3) is 0 Å². The number of sulfone groups is 1. The molecule has 0 saturated carbocycles. The van der Waals surface area contributed by atoms with Gasteiger partial charge in [-0.25, -0.2) is 16.8 Å². The van der Waals surface area contributed by atoms with Crippen LogP contribution in [0, 0.1) is 0 Å². The summed E-state index contributed by atoms with van der Waals surface area (Å²) in [5.74, 6) is -1.25. The van der Waals surface area contributed by atoms with Crippen molar-refractivity contribution in [1.29, 1.82) is 0 Å². The Morgan fingerprint density at radius 3 is 2.47 bits per heavy atom. The van der Waals surface area contributed by atoms with Gasteiger partial charge in [-0.1, -0.05) is 0 Å². The molecule has 1 fully saturated rings. The zero-order chi connectivity index (χ0) is 13.1. The van der Waals surface area contributed by atoms with E-state index in [0.717, 1.165) is 10.6 Å². The molecule has 1 rings (SSSR count). The molecule has 0 spiro atoms. The van der Waals surface area contributed by atoms with E-state index in [2.05, 4.69) is 5.32 Å². The fraction of sp³-hybridized carbons (Fsp3) is 0.875. The number of sulfonamides is 1. The summed E-state index contributed by atoms with van der Waals surface area (Å²) in [5, 5.41) is 2.56. The van der Waals surface area contributed by atoms with Crippen molar-refractivity contribution in [3.05, 3.63) is 0 Å². The molecule has 9 heteroatoms. The Hall–Kier alpha value is -0.670. The number of nitrogens with zero attached hydrogens (tertiary/aromatic N) is 1. The third-order valence-corrected chi connectivity index (χ3v) is 5.35. The number of carbonyl (C=O) groups is 1. The minimum absolute atomic E-state index is 0.230. The lowest BCUT2D eigenvalue weighted by molar-refractivity contribution is -0.120. The molecule has 0 atom stereocenters. The van der Waals surface area contributed by atoms with Crippen LogP contribution in [0.3, 0.4) is 0 Å². The van der Waals surface area contributed by atoms with Crippen LogP contribution in [0.1, 0.15) is 6.42 Å². The monoisotopic (exact) mass is 284 g/mol. The van der Waals surface area contributed by atoms with E-state index in [1.54, 1.807) is 0 Å². The van der Waals surface area contributed by atoms with Crippen molar-refractivity contribution in [2.24, 2.45) is 0 Å². The molecule has 1 aliphatic heterocycles. The highest BCUT2D eigenvalue weighted by Crippen LogP contribution is 2.06. The van der Waals surface area contributed by atoms with E-state index < -0.39 is 31.4 Å². The molecule has 17 heavy (non-hydrogen) atoms. The first kappa shape index (κ1) is 14.4. The molecule has 0 aromatic heterocycles. The van der Waals surface area contributed by atoms with E-state index in [1.807, 2.05) is 0 Å². The predicted octanol–water partition coefficient (Wildman–Crippen LogP) is -1.82. The van der Waals surface area contributed by atoms with Gasteiger partial charge in [-0.15, -0.1) is 0 Å². The summed E-state index contributed by atoms with van der Waals surface area (Å²) in [6, 6.07) is 0. The first-order valence-electron chi connectivity index (χ1n) is 5.13. The van der Waals surface area contributed by atoms with Crippen LogP contribution in [-0.2, 0) is 24.7 Å². The van der Waals surface area contributed by atoms with E-state index in [4.69, 9.17) is 0 Å². The van der Waals surface area contributed by atoms with Crippen LogP contribution in [0.15, 0.2) is 0 Å². The van der Waals surface area contributed by atoms with Crippen LogP contribution >= 0.6 is 0 Å². The molecule has 100 valence electrons. The SMILES string of the molecule is CS(=O)(=O)CCS(=O)(=O)N1CCCNC(=O)C1. The van der Waals surface area contributed by atoms with Gasteiger partial charge in [0.25, 0.3) is 0 Å². The van der Waals surface area contributed by atoms with Gasteiger partial charge in [0.15, 0.2) is 0 Å². The average molecular weight is 284 g/mol. The van der Waals surface area contributed by atoms with Crippen LogP contribution in [0.4, 0.5) is 0 Å². The first-order valence-corrected chi connectivity index (χ1v) is 8.80. The van der Waals surface area contributed by atoms with Crippen molar-refractivity contribution in [3.63, 3.8) is 0 Å². The smallest absolute Gasteiger partial charge is 0.235 e. The van der Waals surface area contributed by atoms with Crippen molar-refractivity contribution >= 4 is 25.8 Å². The molecule has 1 N–H and O–H groups in total. The van der Waals surface area contributed by atoms with Gasteiger partial charge < -0.3 is 5.32 Å². The van der Waals surface area contributed by atoms with Crippen LogP contribution in [0.2, 0.25) is 0 Å². The Bertz CT molecular complexity index is 482.